The third kappa shape index (κ3) is 42.1. The molecule has 0 aromatic rings. The van der Waals surface area contributed by atoms with Crippen LogP contribution in [0.1, 0.15) is 200 Å². The number of phosphoric acid groups is 1. The van der Waals surface area contributed by atoms with Gasteiger partial charge in [0, 0.05) is 19.4 Å². The summed E-state index contributed by atoms with van der Waals surface area (Å²) in [5, 5.41) is 9.89. The van der Waals surface area contributed by atoms with E-state index in [1.54, 1.807) is 0 Å². The SMILES string of the molecule is CCCCCCCCCCCCCCCCCCCCCC(=O)O[C@H](COC(=O)CCC/C=C\C/C=C\C/C=C\C=C\[C@H](O)CCCCC)COP(=O)(O)OCCN. The first kappa shape index (κ1) is 55.9. The van der Waals surface area contributed by atoms with Gasteiger partial charge < -0.3 is 25.2 Å². The minimum atomic E-state index is -4.40. The van der Waals surface area contributed by atoms with Gasteiger partial charge in [-0.3, -0.25) is 18.6 Å². The molecule has 338 valence electrons. The summed E-state index contributed by atoms with van der Waals surface area (Å²) in [6, 6.07) is 0. The summed E-state index contributed by atoms with van der Waals surface area (Å²) in [5.41, 5.74) is 5.35. The largest absolute Gasteiger partial charge is 0.472 e. The molecule has 0 bridgehead atoms. The highest BCUT2D eigenvalue weighted by Gasteiger charge is 2.26. The van der Waals surface area contributed by atoms with Gasteiger partial charge in [-0.2, -0.15) is 0 Å². The number of ether oxygens (including phenoxy) is 2. The number of phosphoric ester groups is 1. The molecule has 3 atom stereocenters. The van der Waals surface area contributed by atoms with E-state index in [1.807, 2.05) is 36.5 Å². The number of nitrogens with two attached hydrogens (primary N) is 1. The zero-order valence-electron chi connectivity index (χ0n) is 36.9. The maximum Gasteiger partial charge on any atom is 0.472 e. The summed E-state index contributed by atoms with van der Waals surface area (Å²) in [6.45, 7) is 3.55. The molecule has 4 N–H and O–H groups in total. The molecule has 0 aromatic heterocycles. The van der Waals surface area contributed by atoms with Crippen LogP contribution in [0.5, 0.6) is 0 Å². The number of carbonyl (C=O) groups excluding carboxylic acids is 2. The van der Waals surface area contributed by atoms with Crippen molar-refractivity contribution in [3.8, 4) is 0 Å². The topological polar surface area (TPSA) is 155 Å². The molecule has 10 nitrogen and oxygen atoms in total. The van der Waals surface area contributed by atoms with Crippen molar-refractivity contribution in [2.24, 2.45) is 5.73 Å². The second-order valence-electron chi connectivity index (χ2n) is 15.5. The van der Waals surface area contributed by atoms with E-state index in [2.05, 4.69) is 26.0 Å². The lowest BCUT2D eigenvalue weighted by atomic mass is 10.0. The Balaban J connectivity index is 4.21. The van der Waals surface area contributed by atoms with Crippen molar-refractivity contribution in [2.45, 2.75) is 212 Å². The van der Waals surface area contributed by atoms with Crippen molar-refractivity contribution >= 4 is 19.8 Å². The normalized spacial score (nSPS) is 14.2. The van der Waals surface area contributed by atoms with E-state index < -0.39 is 32.5 Å². The molecule has 0 saturated heterocycles. The Morgan fingerprint density at radius 3 is 1.67 bits per heavy atom. The van der Waals surface area contributed by atoms with Crippen molar-refractivity contribution in [3.63, 3.8) is 0 Å². The van der Waals surface area contributed by atoms with Gasteiger partial charge in [0.15, 0.2) is 6.10 Å². The van der Waals surface area contributed by atoms with E-state index in [1.165, 1.54) is 96.3 Å². The predicted octanol–water partition coefficient (Wildman–Crippen LogP) is 12.5. The van der Waals surface area contributed by atoms with Gasteiger partial charge in [0.05, 0.1) is 19.3 Å². The van der Waals surface area contributed by atoms with Crippen molar-refractivity contribution in [3.05, 3.63) is 48.6 Å². The van der Waals surface area contributed by atoms with Gasteiger partial charge in [-0.1, -0.05) is 197 Å². The van der Waals surface area contributed by atoms with Crippen LogP contribution in [0, 0.1) is 0 Å². The lowest BCUT2D eigenvalue weighted by molar-refractivity contribution is -0.161. The number of hydrogen-bond donors (Lipinski definition) is 3. The highest BCUT2D eigenvalue weighted by molar-refractivity contribution is 7.47. The van der Waals surface area contributed by atoms with Crippen LogP contribution in [-0.2, 0) is 32.7 Å². The Bertz CT molecular complexity index is 1110. The van der Waals surface area contributed by atoms with Gasteiger partial charge in [-0.15, -0.1) is 0 Å². The van der Waals surface area contributed by atoms with Gasteiger partial charge >= 0.3 is 19.8 Å². The number of allylic oxidation sites excluding steroid dienone is 7. The molecule has 0 amide bonds. The number of aliphatic hydroxyl groups is 1. The molecule has 0 aliphatic carbocycles. The van der Waals surface area contributed by atoms with Crippen molar-refractivity contribution < 1.29 is 42.7 Å². The molecule has 0 saturated carbocycles. The van der Waals surface area contributed by atoms with Crippen LogP contribution in [0.3, 0.4) is 0 Å². The van der Waals surface area contributed by atoms with Crippen LogP contribution in [0.25, 0.3) is 0 Å². The molecule has 0 aliphatic rings. The molecule has 0 spiro atoms. The molecule has 0 heterocycles. The van der Waals surface area contributed by atoms with Gasteiger partial charge in [0.1, 0.15) is 6.61 Å². The molecule has 0 radical (unpaired) electrons. The summed E-state index contributed by atoms with van der Waals surface area (Å²) < 4.78 is 32.8. The van der Waals surface area contributed by atoms with Crippen LogP contribution < -0.4 is 5.73 Å². The van der Waals surface area contributed by atoms with Gasteiger partial charge in [-0.25, -0.2) is 4.57 Å². The van der Waals surface area contributed by atoms with Crippen LogP contribution in [0.15, 0.2) is 48.6 Å². The van der Waals surface area contributed by atoms with E-state index in [0.29, 0.717) is 19.3 Å². The van der Waals surface area contributed by atoms with Gasteiger partial charge in [0.25, 0.3) is 0 Å². The summed E-state index contributed by atoms with van der Waals surface area (Å²) in [7, 11) is -4.40. The Kier molecular flexibility index (Phi) is 41.5. The molecule has 0 aromatic carbocycles. The Morgan fingerprint density at radius 2 is 1.10 bits per heavy atom. The predicted molar refractivity (Wildman–Crippen MR) is 239 cm³/mol. The fourth-order valence-electron chi connectivity index (χ4n) is 6.33. The third-order valence-corrected chi connectivity index (χ3v) is 10.8. The van der Waals surface area contributed by atoms with Crippen molar-refractivity contribution in [2.75, 3.05) is 26.4 Å². The first-order valence-electron chi connectivity index (χ1n) is 23.2. The third-order valence-electron chi connectivity index (χ3n) is 9.82. The second kappa shape index (κ2) is 43.0. The number of rotatable bonds is 43. The molecule has 0 fully saturated rings. The first-order valence-corrected chi connectivity index (χ1v) is 24.7. The van der Waals surface area contributed by atoms with E-state index >= 15 is 0 Å². The Labute approximate surface area is 354 Å². The Morgan fingerprint density at radius 1 is 0.603 bits per heavy atom. The van der Waals surface area contributed by atoms with E-state index in [4.69, 9.17) is 24.3 Å². The maximum atomic E-state index is 12.6. The smallest absolute Gasteiger partial charge is 0.462 e. The van der Waals surface area contributed by atoms with Crippen molar-refractivity contribution in [1.29, 1.82) is 0 Å². The molecule has 0 rings (SSSR count). The van der Waals surface area contributed by atoms with E-state index in [0.717, 1.165) is 57.8 Å². The molecular formula is C47H86NO9P. The minimum absolute atomic E-state index is 0.0390. The average molecular weight is 840 g/mol. The zero-order valence-corrected chi connectivity index (χ0v) is 37.8. The van der Waals surface area contributed by atoms with Crippen LogP contribution in [-0.4, -0.2) is 60.5 Å². The highest BCUT2D eigenvalue weighted by atomic mass is 31.2. The monoisotopic (exact) mass is 840 g/mol. The van der Waals surface area contributed by atoms with Crippen LogP contribution >= 0.6 is 7.82 Å². The zero-order chi connectivity index (χ0) is 42.6. The Hall–Kier alpha value is -2.07. The lowest BCUT2D eigenvalue weighted by Crippen LogP contribution is -2.29. The van der Waals surface area contributed by atoms with Crippen LogP contribution in [0.2, 0.25) is 0 Å². The molecule has 1 unspecified atom stereocenters. The highest BCUT2D eigenvalue weighted by Crippen LogP contribution is 2.43. The minimum Gasteiger partial charge on any atom is -0.462 e. The number of aliphatic hydroxyl groups excluding tert-OH is 1. The molecule has 58 heavy (non-hydrogen) atoms. The number of unbranched alkanes of at least 4 members (excludes halogenated alkanes) is 21. The second-order valence-corrected chi connectivity index (χ2v) is 16.9. The van der Waals surface area contributed by atoms with Crippen LogP contribution in [0.4, 0.5) is 0 Å². The summed E-state index contributed by atoms with van der Waals surface area (Å²) in [6.07, 6.45) is 46.2. The summed E-state index contributed by atoms with van der Waals surface area (Å²) >= 11 is 0. The lowest BCUT2D eigenvalue weighted by Gasteiger charge is -2.19. The quantitative estimate of drug-likeness (QED) is 0.0178. The van der Waals surface area contributed by atoms with E-state index in [-0.39, 0.29) is 38.7 Å². The maximum absolute atomic E-state index is 12.6. The van der Waals surface area contributed by atoms with Gasteiger partial charge in [0.2, 0.25) is 0 Å². The molecule has 0 aliphatic heterocycles. The standard InChI is InChI=1S/C47H86NO9P/c1-3-5-7-8-9-10-11-12-13-14-15-16-17-18-21-25-28-31-35-39-47(51)57-45(43-56-58(52,53)55-41-40-48)42-54-46(50)38-34-30-27-24-22-19-20-23-26-29-33-37-44(49)36-32-6-4-2/h19-20,24,26-27,29,33,37,44-45,49H,3-18,21-23,25,28,30-32,34-36,38-43,48H2,1-2H3,(H,52,53)/b20-19-,27-24-,29-26-,37-33+/t44-,45-/m1/s1. The first-order chi connectivity index (χ1) is 28.2. The number of carbonyl (C=O) groups is 2. The van der Waals surface area contributed by atoms with Crippen molar-refractivity contribution in [1.82, 2.24) is 0 Å². The molecule has 11 heteroatoms. The van der Waals surface area contributed by atoms with Gasteiger partial charge in [-0.05, 0) is 38.5 Å². The fraction of sp³-hybridized carbons (Fsp3) is 0.787. The average Bonchev–Trinajstić information content (AvgIpc) is 3.20. The molecular weight excluding hydrogens is 753 g/mol. The fourth-order valence-corrected chi connectivity index (χ4v) is 7.09. The summed E-state index contributed by atoms with van der Waals surface area (Å²) in [5.74, 6) is -0.915. The number of esters is 2. The summed E-state index contributed by atoms with van der Waals surface area (Å²) in [4.78, 5) is 34.9. The van der Waals surface area contributed by atoms with E-state index in [9.17, 15) is 24.2 Å². The number of hydrogen-bond acceptors (Lipinski definition) is 9.